The number of rotatable bonds is 7. The van der Waals surface area contributed by atoms with Crippen molar-refractivity contribution in [2.45, 2.75) is 32.0 Å². The zero-order valence-electron chi connectivity index (χ0n) is 17.4. The zero-order chi connectivity index (χ0) is 20.7. The van der Waals surface area contributed by atoms with E-state index in [1.165, 1.54) is 0 Å². The van der Waals surface area contributed by atoms with E-state index in [1.54, 1.807) is 13.2 Å². The highest BCUT2D eigenvalue weighted by Crippen LogP contribution is 2.48. The highest BCUT2D eigenvalue weighted by Gasteiger charge is 2.42. The maximum Gasteiger partial charge on any atom is 0.166 e. The van der Waals surface area contributed by atoms with Crippen molar-refractivity contribution in [3.63, 3.8) is 0 Å². The molecule has 3 unspecified atom stereocenters. The van der Waals surface area contributed by atoms with E-state index in [1.807, 2.05) is 37.3 Å². The lowest BCUT2D eigenvalue weighted by atomic mass is 9.66. The van der Waals surface area contributed by atoms with Crippen LogP contribution in [-0.2, 0) is 27.1 Å². The molecule has 3 aliphatic rings. The van der Waals surface area contributed by atoms with E-state index in [4.69, 9.17) is 18.9 Å². The first-order chi connectivity index (χ1) is 14.6. The Balaban J connectivity index is 1.62. The quantitative estimate of drug-likeness (QED) is 0.655. The van der Waals surface area contributed by atoms with Crippen LogP contribution in [0.25, 0.3) is 10.8 Å². The number of ketones is 1. The molecule has 1 heterocycles. The van der Waals surface area contributed by atoms with Crippen LogP contribution in [0.5, 0.6) is 11.5 Å². The number of benzene rings is 2. The summed E-state index contributed by atoms with van der Waals surface area (Å²) < 4.78 is 22.9. The average molecular weight is 406 g/mol. The molecule has 5 nitrogen and oxygen atoms in total. The molecule has 2 aliphatic carbocycles. The molecule has 5 heteroatoms. The second-order valence-electron chi connectivity index (χ2n) is 8.40. The minimum Gasteiger partial charge on any atom is -0.491 e. The summed E-state index contributed by atoms with van der Waals surface area (Å²) in [5.74, 6) is 1.77. The van der Waals surface area contributed by atoms with Crippen molar-refractivity contribution in [2.24, 2.45) is 5.41 Å². The Morgan fingerprint density at radius 3 is 2.43 bits per heavy atom. The van der Waals surface area contributed by atoms with Gasteiger partial charge in [0, 0.05) is 18.2 Å². The van der Waals surface area contributed by atoms with Gasteiger partial charge in [-0.25, -0.2) is 0 Å². The smallest absolute Gasteiger partial charge is 0.166 e. The largest absolute Gasteiger partial charge is 0.491 e. The first-order valence-corrected chi connectivity index (χ1v) is 10.5. The lowest BCUT2D eigenvalue weighted by Gasteiger charge is -2.36. The molecular formula is C25H26O5. The summed E-state index contributed by atoms with van der Waals surface area (Å²) in [6.45, 7) is 3.71. The average Bonchev–Trinajstić information content (AvgIpc) is 3.59. The van der Waals surface area contributed by atoms with Gasteiger partial charge < -0.3 is 18.9 Å². The van der Waals surface area contributed by atoms with Gasteiger partial charge in [0.1, 0.15) is 30.8 Å². The van der Waals surface area contributed by atoms with E-state index in [0.717, 1.165) is 40.0 Å². The van der Waals surface area contributed by atoms with Gasteiger partial charge in [-0.3, -0.25) is 4.79 Å². The molecule has 2 aromatic carbocycles. The van der Waals surface area contributed by atoms with Gasteiger partial charge in [0.2, 0.25) is 0 Å². The second kappa shape index (κ2) is 7.56. The van der Waals surface area contributed by atoms with Crippen LogP contribution in [0.1, 0.15) is 18.1 Å². The number of epoxide rings is 1. The van der Waals surface area contributed by atoms with Crippen LogP contribution in [0.2, 0.25) is 0 Å². The summed E-state index contributed by atoms with van der Waals surface area (Å²) in [5.41, 5.74) is 1.54. The molecule has 1 saturated heterocycles. The third-order valence-electron chi connectivity index (χ3n) is 6.27. The summed E-state index contributed by atoms with van der Waals surface area (Å²) >= 11 is 0. The van der Waals surface area contributed by atoms with Gasteiger partial charge in [0.25, 0.3) is 0 Å². The predicted molar refractivity (Wildman–Crippen MR) is 114 cm³/mol. The molecule has 1 fully saturated rings. The van der Waals surface area contributed by atoms with Gasteiger partial charge in [-0.15, -0.1) is 0 Å². The van der Waals surface area contributed by atoms with Gasteiger partial charge in [-0.05, 0) is 48.7 Å². The Hall–Kier alpha value is -2.63. The maximum absolute atomic E-state index is 13.1. The van der Waals surface area contributed by atoms with Crippen LogP contribution in [0.15, 0.2) is 48.6 Å². The molecule has 3 atom stereocenters. The number of carbonyl (C=O) groups excluding carboxylic acids is 1. The van der Waals surface area contributed by atoms with Crippen LogP contribution in [-0.4, -0.2) is 44.9 Å². The Kier molecular flexibility index (Phi) is 4.88. The van der Waals surface area contributed by atoms with Crippen LogP contribution >= 0.6 is 0 Å². The third-order valence-corrected chi connectivity index (χ3v) is 6.27. The van der Waals surface area contributed by atoms with Gasteiger partial charge in [0.05, 0.1) is 18.1 Å². The molecule has 0 amide bonds. The molecule has 5 rings (SSSR count). The molecule has 2 aromatic rings. The van der Waals surface area contributed by atoms with E-state index in [2.05, 4.69) is 12.1 Å². The Morgan fingerprint density at radius 1 is 1.10 bits per heavy atom. The van der Waals surface area contributed by atoms with Crippen molar-refractivity contribution >= 4 is 16.6 Å². The zero-order valence-corrected chi connectivity index (χ0v) is 17.4. The summed E-state index contributed by atoms with van der Waals surface area (Å²) in [6, 6.07) is 8.19. The monoisotopic (exact) mass is 406 g/mol. The van der Waals surface area contributed by atoms with Crippen molar-refractivity contribution in [3.05, 3.63) is 59.7 Å². The van der Waals surface area contributed by atoms with Crippen LogP contribution < -0.4 is 9.47 Å². The van der Waals surface area contributed by atoms with E-state index in [0.29, 0.717) is 26.1 Å². The van der Waals surface area contributed by atoms with E-state index in [-0.39, 0.29) is 18.0 Å². The fraction of sp³-hybridized carbons (Fsp3) is 0.400. The Bertz CT molecular complexity index is 1050. The summed E-state index contributed by atoms with van der Waals surface area (Å²) in [5, 5.41) is 2.29. The van der Waals surface area contributed by atoms with Crippen LogP contribution in [0.3, 0.4) is 0 Å². The molecule has 0 N–H and O–H groups in total. The normalized spacial score (nSPS) is 25.0. The van der Waals surface area contributed by atoms with E-state index in [9.17, 15) is 4.79 Å². The third kappa shape index (κ3) is 3.42. The minimum atomic E-state index is -0.601. The number of carbonyl (C=O) groups is 1. The Labute approximate surface area is 176 Å². The van der Waals surface area contributed by atoms with Gasteiger partial charge >= 0.3 is 0 Å². The van der Waals surface area contributed by atoms with Crippen molar-refractivity contribution in [1.82, 2.24) is 0 Å². The van der Waals surface area contributed by atoms with E-state index >= 15 is 0 Å². The molecule has 156 valence electrons. The lowest BCUT2D eigenvalue weighted by Crippen LogP contribution is -2.37. The lowest BCUT2D eigenvalue weighted by molar-refractivity contribution is -0.121. The number of methoxy groups -OCH3 is 1. The van der Waals surface area contributed by atoms with Crippen molar-refractivity contribution in [3.8, 4) is 11.5 Å². The summed E-state index contributed by atoms with van der Waals surface area (Å²) in [4.78, 5) is 13.1. The molecule has 1 aliphatic heterocycles. The molecule has 0 radical (unpaired) electrons. The molecule has 1 spiro atoms. The van der Waals surface area contributed by atoms with Crippen LogP contribution in [0, 0.1) is 5.41 Å². The number of allylic oxidation sites excluding steroid dienone is 4. The van der Waals surface area contributed by atoms with Gasteiger partial charge in [-0.1, -0.05) is 30.4 Å². The SMILES string of the molecule is COC(C)COc1ccc2ccc(OCC3CO3)c3c2c1CC1(C=CC=CC1=O)C3. The molecule has 0 bridgehead atoms. The molecule has 30 heavy (non-hydrogen) atoms. The van der Waals surface area contributed by atoms with E-state index < -0.39 is 5.41 Å². The fourth-order valence-electron chi connectivity index (χ4n) is 4.39. The molecule has 0 aromatic heterocycles. The van der Waals surface area contributed by atoms with Gasteiger partial charge in [-0.2, -0.15) is 0 Å². The fourth-order valence-corrected chi connectivity index (χ4v) is 4.39. The summed E-state index contributed by atoms with van der Waals surface area (Å²) in [6.07, 6.45) is 8.90. The summed E-state index contributed by atoms with van der Waals surface area (Å²) in [7, 11) is 1.68. The Morgan fingerprint density at radius 2 is 1.80 bits per heavy atom. The standard InChI is InChI=1S/C25H26O5/c1-16(27-2)13-29-21-8-6-17-7-9-22(30-15-18-14-28-18)20-12-25(11-19(21)24(17)20)10-4-3-5-23(25)26/h3-10,16,18H,11-15H2,1-2H3. The highest BCUT2D eigenvalue weighted by molar-refractivity contribution is 6.02. The van der Waals surface area contributed by atoms with Crippen molar-refractivity contribution in [2.75, 3.05) is 26.9 Å². The molecule has 0 saturated carbocycles. The topological polar surface area (TPSA) is 57.3 Å². The van der Waals surface area contributed by atoms with Crippen molar-refractivity contribution < 1.29 is 23.7 Å². The first kappa shape index (κ1) is 19.3. The van der Waals surface area contributed by atoms with Gasteiger partial charge in [0.15, 0.2) is 5.78 Å². The second-order valence-corrected chi connectivity index (χ2v) is 8.40. The minimum absolute atomic E-state index is 0.0164. The number of ether oxygens (including phenoxy) is 4. The predicted octanol–water partition coefficient (Wildman–Crippen LogP) is 3.81. The van der Waals surface area contributed by atoms with Crippen LogP contribution in [0.4, 0.5) is 0 Å². The maximum atomic E-state index is 13.1. The highest BCUT2D eigenvalue weighted by atomic mass is 16.6. The molecular weight excluding hydrogens is 380 g/mol. The number of hydrogen-bond donors (Lipinski definition) is 0. The van der Waals surface area contributed by atoms with Crippen molar-refractivity contribution in [1.29, 1.82) is 0 Å². The first-order valence-electron chi connectivity index (χ1n) is 10.5. The number of hydrogen-bond acceptors (Lipinski definition) is 5.